The average Bonchev–Trinajstić information content (AvgIpc) is 3.12. The summed E-state index contributed by atoms with van der Waals surface area (Å²) in [6.07, 6.45) is 1.80. The van der Waals surface area contributed by atoms with E-state index < -0.39 is 0 Å². The van der Waals surface area contributed by atoms with Crippen LogP contribution in [0.3, 0.4) is 0 Å². The lowest BCUT2D eigenvalue weighted by Gasteiger charge is -2.35. The molecule has 1 aromatic rings. The molecule has 0 spiro atoms. The van der Waals surface area contributed by atoms with E-state index in [0.29, 0.717) is 35.3 Å². The Hall–Kier alpha value is -1.90. The van der Waals surface area contributed by atoms with Crippen LogP contribution in [0.15, 0.2) is 45.2 Å². The van der Waals surface area contributed by atoms with E-state index in [4.69, 9.17) is 4.74 Å². The molecule has 3 heterocycles. The smallest absolute Gasteiger partial charge is 0.287 e. The van der Waals surface area contributed by atoms with Crippen molar-refractivity contribution in [1.29, 1.82) is 0 Å². The zero-order valence-electron chi connectivity index (χ0n) is 15.6. The van der Waals surface area contributed by atoms with Crippen molar-refractivity contribution in [2.24, 2.45) is 4.99 Å². The molecular weight excluding hydrogens is 442 g/mol. The van der Waals surface area contributed by atoms with Gasteiger partial charge in [0.05, 0.1) is 28.4 Å². The standard InChI is InChI=1S/C20H20BrN3O3S/c1-4-7-24-15-6-5-13(21)8-14(15)16(19(24)26)17-18(25)22-20(28-17)23-9-11(2)27-12(3)10-23/h4-6,8,11-12H,1,7,9-10H2,2-3H3/b17-16+/t11-,12-/m0/s1. The molecule has 1 fully saturated rings. The Morgan fingerprint density at radius 1 is 1.32 bits per heavy atom. The van der Waals surface area contributed by atoms with Crippen molar-refractivity contribution in [2.45, 2.75) is 26.1 Å². The molecule has 0 aromatic heterocycles. The summed E-state index contributed by atoms with van der Waals surface area (Å²) in [7, 11) is 0. The molecule has 2 atom stereocenters. The lowest BCUT2D eigenvalue weighted by atomic mass is 10.1. The number of ether oxygens (including phenoxy) is 1. The molecule has 8 heteroatoms. The largest absolute Gasteiger partial charge is 0.372 e. The normalized spacial score (nSPS) is 27.3. The number of carbonyl (C=O) groups excluding carboxylic acids is 2. The van der Waals surface area contributed by atoms with Gasteiger partial charge in [-0.25, -0.2) is 0 Å². The summed E-state index contributed by atoms with van der Waals surface area (Å²) in [5, 5.41) is 0.640. The summed E-state index contributed by atoms with van der Waals surface area (Å²) in [4.78, 5) is 34.2. The van der Waals surface area contributed by atoms with Crippen LogP contribution < -0.4 is 4.90 Å². The number of halogens is 1. The number of anilines is 1. The van der Waals surface area contributed by atoms with Gasteiger partial charge in [0.2, 0.25) is 0 Å². The topological polar surface area (TPSA) is 62.2 Å². The Labute approximate surface area is 176 Å². The molecule has 28 heavy (non-hydrogen) atoms. The van der Waals surface area contributed by atoms with Gasteiger partial charge in [-0.05, 0) is 43.8 Å². The molecule has 146 valence electrons. The fraction of sp³-hybridized carbons (Fsp3) is 0.350. The van der Waals surface area contributed by atoms with Crippen molar-refractivity contribution in [3.8, 4) is 0 Å². The quantitative estimate of drug-likeness (QED) is 0.498. The zero-order chi connectivity index (χ0) is 20.0. The van der Waals surface area contributed by atoms with Crippen LogP contribution in [0.25, 0.3) is 5.57 Å². The maximum absolute atomic E-state index is 13.1. The molecule has 1 aromatic carbocycles. The second-order valence-corrected chi connectivity index (χ2v) is 8.93. The van der Waals surface area contributed by atoms with Gasteiger partial charge in [-0.2, -0.15) is 4.99 Å². The van der Waals surface area contributed by atoms with E-state index >= 15 is 0 Å². The number of aliphatic imine (C=N–C) groups is 1. The summed E-state index contributed by atoms with van der Waals surface area (Å²) in [6.45, 7) is 9.48. The first-order valence-electron chi connectivity index (χ1n) is 9.07. The van der Waals surface area contributed by atoms with Crippen molar-refractivity contribution in [2.75, 3.05) is 24.5 Å². The van der Waals surface area contributed by atoms with Crippen LogP contribution in [-0.2, 0) is 14.3 Å². The number of benzene rings is 1. The Balaban J connectivity index is 1.72. The number of amidine groups is 1. The fourth-order valence-electron chi connectivity index (χ4n) is 3.76. The molecule has 0 aliphatic carbocycles. The molecule has 6 nitrogen and oxygen atoms in total. The van der Waals surface area contributed by atoms with E-state index in [9.17, 15) is 9.59 Å². The van der Waals surface area contributed by atoms with E-state index in [1.54, 1.807) is 11.0 Å². The van der Waals surface area contributed by atoms with E-state index in [1.807, 2.05) is 32.0 Å². The van der Waals surface area contributed by atoms with Gasteiger partial charge >= 0.3 is 0 Å². The number of hydrogen-bond acceptors (Lipinski definition) is 5. The maximum atomic E-state index is 13.1. The minimum Gasteiger partial charge on any atom is -0.372 e. The van der Waals surface area contributed by atoms with Gasteiger partial charge in [-0.1, -0.05) is 22.0 Å². The summed E-state index contributed by atoms with van der Waals surface area (Å²) < 4.78 is 6.62. The minimum atomic E-state index is -0.360. The molecule has 4 rings (SSSR count). The highest BCUT2D eigenvalue weighted by molar-refractivity contribution is 9.10. The second kappa shape index (κ2) is 7.50. The molecule has 1 saturated heterocycles. The van der Waals surface area contributed by atoms with E-state index in [2.05, 4.69) is 32.4 Å². The molecular formula is C20H20BrN3O3S. The lowest BCUT2D eigenvalue weighted by Crippen LogP contribution is -2.47. The van der Waals surface area contributed by atoms with E-state index in [-0.39, 0.29) is 24.0 Å². The predicted molar refractivity (Wildman–Crippen MR) is 115 cm³/mol. The Morgan fingerprint density at radius 2 is 2.04 bits per heavy atom. The van der Waals surface area contributed by atoms with Crippen LogP contribution in [0.1, 0.15) is 19.4 Å². The van der Waals surface area contributed by atoms with Crippen LogP contribution in [0.2, 0.25) is 0 Å². The molecule has 0 radical (unpaired) electrons. The molecule has 3 aliphatic heterocycles. The van der Waals surface area contributed by atoms with Gasteiger partial charge in [-0.15, -0.1) is 6.58 Å². The van der Waals surface area contributed by atoms with E-state index in [0.717, 1.165) is 15.7 Å². The first-order valence-corrected chi connectivity index (χ1v) is 10.7. The summed E-state index contributed by atoms with van der Waals surface area (Å²) in [5.41, 5.74) is 1.95. The monoisotopic (exact) mass is 461 g/mol. The predicted octanol–water partition coefficient (Wildman–Crippen LogP) is 3.43. The second-order valence-electron chi connectivity index (χ2n) is 7.03. The van der Waals surface area contributed by atoms with Crippen molar-refractivity contribution in [1.82, 2.24) is 4.90 Å². The van der Waals surface area contributed by atoms with Crippen molar-refractivity contribution in [3.05, 3.63) is 45.8 Å². The van der Waals surface area contributed by atoms with Crippen molar-refractivity contribution < 1.29 is 14.3 Å². The number of thioether (sulfide) groups is 1. The van der Waals surface area contributed by atoms with Crippen LogP contribution in [-0.4, -0.2) is 53.7 Å². The third-order valence-electron chi connectivity index (χ3n) is 4.79. The lowest BCUT2D eigenvalue weighted by molar-refractivity contribution is -0.115. The molecule has 0 unspecified atom stereocenters. The number of nitrogens with zero attached hydrogens (tertiary/aromatic N) is 3. The molecule has 2 amide bonds. The molecule has 0 N–H and O–H groups in total. The van der Waals surface area contributed by atoms with E-state index in [1.165, 1.54) is 11.8 Å². The van der Waals surface area contributed by atoms with Crippen molar-refractivity contribution in [3.63, 3.8) is 0 Å². The highest BCUT2D eigenvalue weighted by Crippen LogP contribution is 2.44. The van der Waals surface area contributed by atoms with Crippen molar-refractivity contribution >= 4 is 55.9 Å². The van der Waals surface area contributed by atoms with Crippen LogP contribution in [0, 0.1) is 0 Å². The molecule has 3 aliphatic rings. The molecule has 0 saturated carbocycles. The number of carbonyl (C=O) groups is 2. The number of morpholine rings is 1. The van der Waals surface area contributed by atoms with Crippen LogP contribution in [0.5, 0.6) is 0 Å². The summed E-state index contributed by atoms with van der Waals surface area (Å²) in [5.74, 6) is -0.550. The van der Waals surface area contributed by atoms with Crippen LogP contribution in [0.4, 0.5) is 5.69 Å². The van der Waals surface area contributed by atoms with Gasteiger partial charge in [0.1, 0.15) is 0 Å². The number of amides is 2. The Morgan fingerprint density at radius 3 is 2.71 bits per heavy atom. The van der Waals surface area contributed by atoms with Gasteiger partial charge < -0.3 is 14.5 Å². The zero-order valence-corrected chi connectivity index (χ0v) is 18.0. The number of fused-ring (bicyclic) bond motifs is 1. The van der Waals surface area contributed by atoms with Gasteiger partial charge in [0.25, 0.3) is 11.8 Å². The van der Waals surface area contributed by atoms with Gasteiger partial charge in [-0.3, -0.25) is 9.59 Å². The fourth-order valence-corrected chi connectivity index (χ4v) is 5.14. The maximum Gasteiger partial charge on any atom is 0.287 e. The first-order chi connectivity index (χ1) is 13.4. The third kappa shape index (κ3) is 3.33. The summed E-state index contributed by atoms with van der Waals surface area (Å²) >= 11 is 4.75. The van der Waals surface area contributed by atoms with Gasteiger partial charge in [0, 0.05) is 29.7 Å². The van der Waals surface area contributed by atoms with Crippen LogP contribution >= 0.6 is 27.7 Å². The minimum absolute atomic E-state index is 0.0618. The highest BCUT2D eigenvalue weighted by Gasteiger charge is 2.40. The third-order valence-corrected chi connectivity index (χ3v) is 6.40. The van der Waals surface area contributed by atoms with Gasteiger partial charge in [0.15, 0.2) is 5.17 Å². The summed E-state index contributed by atoms with van der Waals surface area (Å²) in [6, 6.07) is 5.65. The SMILES string of the molecule is C=CCN1C(=O)/C(=C2/SC(N3C[C@H](C)O[C@@H](C)C3)=NC2=O)c2cc(Br)ccc21. The average molecular weight is 462 g/mol. The Bertz CT molecular complexity index is 933. The highest BCUT2D eigenvalue weighted by atomic mass is 79.9. The number of hydrogen-bond donors (Lipinski definition) is 0. The Kier molecular flexibility index (Phi) is 5.20. The molecule has 0 bridgehead atoms. The first kappa shape index (κ1) is 19.4. The number of rotatable bonds is 2.